The quantitative estimate of drug-likeness (QED) is 0.234. The van der Waals surface area contributed by atoms with Crippen LogP contribution in [0, 0.1) is 5.82 Å². The lowest BCUT2D eigenvalue weighted by atomic mass is 10.1. The van der Waals surface area contributed by atoms with Crippen LogP contribution in [0.1, 0.15) is 31.9 Å². The maximum atomic E-state index is 13.6. The molecule has 5 nitrogen and oxygen atoms in total. The third kappa shape index (κ3) is 5.54. The number of guanidine groups is 1. The summed E-state index contributed by atoms with van der Waals surface area (Å²) < 4.78 is 18.9. The Hall–Kier alpha value is -1.66. The molecule has 1 rings (SSSR count). The average Bonchev–Trinajstić information content (AvgIpc) is 2.46. The molecule has 1 atom stereocenters. The van der Waals surface area contributed by atoms with Crippen molar-refractivity contribution in [2.24, 2.45) is 10.8 Å². The highest BCUT2D eigenvalue weighted by Gasteiger charge is 2.11. The molecular formula is C14H23FN4O. The Labute approximate surface area is 119 Å². The van der Waals surface area contributed by atoms with Gasteiger partial charge in [0.2, 0.25) is 5.96 Å². The van der Waals surface area contributed by atoms with Gasteiger partial charge in [0.05, 0.1) is 6.04 Å². The second-order valence-corrected chi connectivity index (χ2v) is 4.31. The molecule has 112 valence electrons. The molecule has 20 heavy (non-hydrogen) atoms. The number of halogens is 1. The number of benzene rings is 1. The predicted molar refractivity (Wildman–Crippen MR) is 78.7 cm³/mol. The van der Waals surface area contributed by atoms with Crippen LogP contribution >= 0.6 is 0 Å². The fraction of sp³-hybridized carbons (Fsp3) is 0.500. The van der Waals surface area contributed by atoms with Crippen LogP contribution in [-0.4, -0.2) is 25.7 Å². The highest BCUT2D eigenvalue weighted by atomic mass is 19.1. The van der Waals surface area contributed by atoms with Crippen molar-refractivity contribution >= 4 is 5.96 Å². The Morgan fingerprint density at radius 2 is 2.20 bits per heavy atom. The maximum Gasteiger partial charge on any atom is 0.206 e. The number of nitrogens with one attached hydrogen (secondary N) is 2. The first-order chi connectivity index (χ1) is 9.69. The Bertz CT molecular complexity index is 425. The van der Waals surface area contributed by atoms with Crippen molar-refractivity contribution in [1.29, 1.82) is 0 Å². The fourth-order valence-electron chi connectivity index (χ4n) is 1.74. The van der Waals surface area contributed by atoms with E-state index in [0.29, 0.717) is 31.3 Å². The fourth-order valence-corrected chi connectivity index (χ4v) is 1.74. The molecule has 1 unspecified atom stereocenters. The first kappa shape index (κ1) is 16.4. The van der Waals surface area contributed by atoms with Crippen LogP contribution in [-0.2, 0) is 4.74 Å². The van der Waals surface area contributed by atoms with Crippen LogP contribution in [0.3, 0.4) is 0 Å². The van der Waals surface area contributed by atoms with E-state index in [9.17, 15) is 4.39 Å². The van der Waals surface area contributed by atoms with E-state index in [4.69, 9.17) is 10.6 Å². The third-order valence-corrected chi connectivity index (χ3v) is 2.78. The Balaban J connectivity index is 2.51. The van der Waals surface area contributed by atoms with Crippen molar-refractivity contribution in [3.63, 3.8) is 0 Å². The van der Waals surface area contributed by atoms with Crippen LogP contribution in [0.4, 0.5) is 4.39 Å². The minimum Gasteiger partial charge on any atom is -0.382 e. The van der Waals surface area contributed by atoms with Crippen LogP contribution in [0.2, 0.25) is 0 Å². The van der Waals surface area contributed by atoms with Gasteiger partial charge < -0.3 is 10.1 Å². The van der Waals surface area contributed by atoms with Crippen molar-refractivity contribution in [3.8, 4) is 0 Å². The molecule has 0 bridgehead atoms. The van der Waals surface area contributed by atoms with E-state index in [2.05, 4.69) is 15.7 Å². The molecule has 0 aliphatic rings. The molecule has 0 spiro atoms. The zero-order chi connectivity index (χ0) is 14.8. The molecule has 0 aliphatic carbocycles. The molecule has 1 aromatic carbocycles. The van der Waals surface area contributed by atoms with E-state index in [1.807, 2.05) is 13.8 Å². The van der Waals surface area contributed by atoms with Gasteiger partial charge in [-0.25, -0.2) is 10.2 Å². The van der Waals surface area contributed by atoms with Gasteiger partial charge in [-0.15, -0.1) is 0 Å². The van der Waals surface area contributed by atoms with E-state index in [1.165, 1.54) is 6.07 Å². The third-order valence-electron chi connectivity index (χ3n) is 2.78. The van der Waals surface area contributed by atoms with Crippen LogP contribution in [0.5, 0.6) is 0 Å². The first-order valence-corrected chi connectivity index (χ1v) is 6.78. The molecule has 0 saturated heterocycles. The minimum absolute atomic E-state index is 0.224. The average molecular weight is 282 g/mol. The number of rotatable bonds is 7. The molecule has 0 radical (unpaired) electrons. The lowest BCUT2D eigenvalue weighted by Crippen LogP contribution is -2.43. The lowest BCUT2D eigenvalue weighted by molar-refractivity contribution is 0.146. The standard InChI is InChI=1S/C14H23FN4O/c1-3-20-10-6-9-17-14(19-16)18-11(2)12-7-4-5-8-13(12)15/h4-5,7-8,11H,3,6,9-10,16H2,1-2H3,(H2,17,18,19). The molecule has 4 N–H and O–H groups in total. The van der Waals surface area contributed by atoms with Crippen LogP contribution in [0.15, 0.2) is 29.3 Å². The van der Waals surface area contributed by atoms with Gasteiger partial charge in [0.1, 0.15) is 5.82 Å². The van der Waals surface area contributed by atoms with Crippen molar-refractivity contribution in [3.05, 3.63) is 35.6 Å². The van der Waals surface area contributed by atoms with Crippen molar-refractivity contribution in [1.82, 2.24) is 10.7 Å². The maximum absolute atomic E-state index is 13.6. The number of aliphatic imine (C=N–C) groups is 1. The van der Waals surface area contributed by atoms with Crippen molar-refractivity contribution in [2.45, 2.75) is 26.3 Å². The summed E-state index contributed by atoms with van der Waals surface area (Å²) >= 11 is 0. The molecule has 6 heteroatoms. The van der Waals surface area contributed by atoms with E-state index < -0.39 is 0 Å². The van der Waals surface area contributed by atoms with Gasteiger partial charge in [0.15, 0.2) is 0 Å². The van der Waals surface area contributed by atoms with Crippen molar-refractivity contribution < 1.29 is 9.13 Å². The highest BCUT2D eigenvalue weighted by molar-refractivity contribution is 5.79. The molecule has 0 amide bonds. The summed E-state index contributed by atoms with van der Waals surface area (Å²) in [6, 6.07) is 6.40. The molecule has 0 aliphatic heterocycles. The van der Waals surface area contributed by atoms with Crippen molar-refractivity contribution in [2.75, 3.05) is 19.8 Å². The molecule has 0 fully saturated rings. The molecule has 1 aromatic rings. The first-order valence-electron chi connectivity index (χ1n) is 6.78. The zero-order valence-corrected chi connectivity index (χ0v) is 12.0. The van der Waals surface area contributed by atoms with E-state index >= 15 is 0 Å². The Morgan fingerprint density at radius 3 is 2.85 bits per heavy atom. The van der Waals surface area contributed by atoms with Crippen LogP contribution in [0.25, 0.3) is 0 Å². The summed E-state index contributed by atoms with van der Waals surface area (Å²) in [5.41, 5.74) is 3.06. The largest absolute Gasteiger partial charge is 0.382 e. The summed E-state index contributed by atoms with van der Waals surface area (Å²) in [6.45, 7) is 5.77. The molecule has 0 heterocycles. The van der Waals surface area contributed by atoms with E-state index in [-0.39, 0.29) is 11.9 Å². The smallest absolute Gasteiger partial charge is 0.206 e. The summed E-state index contributed by atoms with van der Waals surface area (Å²) in [5.74, 6) is 5.60. The predicted octanol–water partition coefficient (Wildman–Crippen LogP) is 1.72. The summed E-state index contributed by atoms with van der Waals surface area (Å²) in [4.78, 5) is 4.28. The SMILES string of the molecule is CCOCCCN=C(NN)NC(C)c1ccccc1F. The summed E-state index contributed by atoms with van der Waals surface area (Å²) in [5, 5.41) is 3.05. The molecule has 0 aromatic heterocycles. The number of nitrogens with two attached hydrogens (primary N) is 1. The number of ether oxygens (including phenoxy) is 1. The van der Waals surface area contributed by atoms with Gasteiger partial charge in [-0.05, 0) is 26.3 Å². The summed E-state index contributed by atoms with van der Waals surface area (Å²) in [6.07, 6.45) is 0.814. The second-order valence-electron chi connectivity index (χ2n) is 4.31. The van der Waals surface area contributed by atoms with Gasteiger partial charge in [-0.3, -0.25) is 10.4 Å². The highest BCUT2D eigenvalue weighted by Crippen LogP contribution is 2.15. The minimum atomic E-state index is -0.250. The zero-order valence-electron chi connectivity index (χ0n) is 12.0. The second kappa shape index (κ2) is 9.28. The number of nitrogens with zero attached hydrogens (tertiary/aromatic N) is 1. The number of hydrogen-bond donors (Lipinski definition) is 3. The monoisotopic (exact) mass is 282 g/mol. The topological polar surface area (TPSA) is 71.7 Å². The van der Waals surface area contributed by atoms with Gasteiger partial charge in [0.25, 0.3) is 0 Å². The Morgan fingerprint density at radius 1 is 1.45 bits per heavy atom. The van der Waals surface area contributed by atoms with E-state index in [0.717, 1.165) is 6.42 Å². The molecule has 0 saturated carbocycles. The molecular weight excluding hydrogens is 259 g/mol. The van der Waals surface area contributed by atoms with Crippen LogP contribution < -0.4 is 16.6 Å². The summed E-state index contributed by atoms with van der Waals surface area (Å²) in [7, 11) is 0. The van der Waals surface area contributed by atoms with Gasteiger partial charge in [-0.2, -0.15) is 0 Å². The Kier molecular flexibility index (Phi) is 7.60. The normalized spacial score (nSPS) is 13.1. The number of hydrazine groups is 1. The van der Waals surface area contributed by atoms with Gasteiger partial charge in [0, 0.05) is 25.3 Å². The van der Waals surface area contributed by atoms with Gasteiger partial charge in [-0.1, -0.05) is 18.2 Å². The van der Waals surface area contributed by atoms with Gasteiger partial charge >= 0.3 is 0 Å². The van der Waals surface area contributed by atoms with E-state index in [1.54, 1.807) is 18.2 Å². The lowest BCUT2D eigenvalue weighted by Gasteiger charge is -2.17. The number of hydrogen-bond acceptors (Lipinski definition) is 3.